The van der Waals surface area contributed by atoms with Gasteiger partial charge >= 0.3 is 5.97 Å². The lowest BCUT2D eigenvalue weighted by Gasteiger charge is -2.01. The third kappa shape index (κ3) is 3.42. The SMILES string of the molecule is COC(=O)c1cc(C=CCC#N)cc([N+](=O)[O-])c1. The molecule has 6 heteroatoms. The number of hydrogen-bond donors (Lipinski definition) is 0. The van der Waals surface area contributed by atoms with E-state index in [2.05, 4.69) is 4.74 Å². The molecule has 1 aromatic carbocycles. The summed E-state index contributed by atoms with van der Waals surface area (Å²) in [4.78, 5) is 21.5. The minimum atomic E-state index is -0.645. The minimum absolute atomic E-state index is 0.100. The fraction of sp³-hybridized carbons (Fsp3) is 0.167. The van der Waals surface area contributed by atoms with Crippen LogP contribution in [0.1, 0.15) is 22.3 Å². The molecule has 0 spiro atoms. The standard InChI is InChI=1S/C12H10N2O4/c1-18-12(15)10-6-9(4-2-3-5-13)7-11(8-10)14(16)17/h2,4,6-8H,3H2,1H3. The first-order valence-corrected chi connectivity index (χ1v) is 4.99. The van der Waals surface area contributed by atoms with Gasteiger partial charge in [-0.1, -0.05) is 12.2 Å². The van der Waals surface area contributed by atoms with E-state index in [-0.39, 0.29) is 17.7 Å². The van der Waals surface area contributed by atoms with Gasteiger partial charge in [0.2, 0.25) is 0 Å². The Bertz CT molecular complexity index is 543. The van der Waals surface area contributed by atoms with Gasteiger partial charge in [-0.15, -0.1) is 0 Å². The predicted molar refractivity (Wildman–Crippen MR) is 63.7 cm³/mol. The monoisotopic (exact) mass is 246 g/mol. The number of methoxy groups -OCH3 is 1. The fourth-order valence-corrected chi connectivity index (χ4v) is 1.32. The lowest BCUT2D eigenvalue weighted by Crippen LogP contribution is -2.02. The quantitative estimate of drug-likeness (QED) is 0.461. The molecule has 0 amide bonds. The summed E-state index contributed by atoms with van der Waals surface area (Å²) in [5.41, 5.74) is 0.373. The summed E-state index contributed by atoms with van der Waals surface area (Å²) in [6.45, 7) is 0. The maximum atomic E-state index is 11.3. The lowest BCUT2D eigenvalue weighted by atomic mass is 10.1. The number of carbonyl (C=O) groups is 1. The Morgan fingerprint density at radius 3 is 2.83 bits per heavy atom. The molecule has 6 nitrogen and oxygen atoms in total. The summed E-state index contributed by atoms with van der Waals surface area (Å²) in [5, 5.41) is 19.1. The Balaban J connectivity index is 3.18. The van der Waals surface area contributed by atoms with Gasteiger partial charge in [-0.3, -0.25) is 10.1 Å². The molecular weight excluding hydrogens is 236 g/mol. The molecule has 18 heavy (non-hydrogen) atoms. The van der Waals surface area contributed by atoms with Crippen molar-refractivity contribution in [2.45, 2.75) is 6.42 Å². The van der Waals surface area contributed by atoms with Crippen molar-refractivity contribution in [2.75, 3.05) is 7.11 Å². The van der Waals surface area contributed by atoms with E-state index in [1.54, 1.807) is 12.2 Å². The molecule has 1 aromatic rings. The van der Waals surface area contributed by atoms with Crippen molar-refractivity contribution in [1.82, 2.24) is 0 Å². The maximum Gasteiger partial charge on any atom is 0.338 e. The van der Waals surface area contributed by atoms with Gasteiger partial charge in [0.05, 0.1) is 30.1 Å². The van der Waals surface area contributed by atoms with E-state index in [1.165, 1.54) is 19.2 Å². The Labute approximate surface area is 103 Å². The second-order valence-corrected chi connectivity index (χ2v) is 3.33. The topological polar surface area (TPSA) is 93.2 Å². The van der Waals surface area contributed by atoms with E-state index in [4.69, 9.17) is 5.26 Å². The van der Waals surface area contributed by atoms with Crippen molar-refractivity contribution < 1.29 is 14.5 Å². The zero-order valence-electron chi connectivity index (χ0n) is 9.62. The van der Waals surface area contributed by atoms with Gasteiger partial charge in [-0.2, -0.15) is 5.26 Å². The van der Waals surface area contributed by atoms with Crippen LogP contribution in [0.15, 0.2) is 24.3 Å². The number of esters is 1. The highest BCUT2D eigenvalue weighted by Crippen LogP contribution is 2.19. The van der Waals surface area contributed by atoms with Gasteiger partial charge in [0.1, 0.15) is 0 Å². The van der Waals surface area contributed by atoms with Crippen molar-refractivity contribution >= 4 is 17.7 Å². The van der Waals surface area contributed by atoms with E-state index >= 15 is 0 Å². The number of non-ortho nitro benzene ring substituents is 1. The van der Waals surface area contributed by atoms with Crippen LogP contribution in [-0.4, -0.2) is 18.0 Å². The van der Waals surface area contributed by atoms with Crippen LogP contribution in [0.5, 0.6) is 0 Å². The minimum Gasteiger partial charge on any atom is -0.465 e. The Morgan fingerprint density at radius 1 is 1.56 bits per heavy atom. The van der Waals surface area contributed by atoms with Crippen LogP contribution in [0, 0.1) is 21.4 Å². The molecule has 0 unspecified atom stereocenters. The van der Waals surface area contributed by atoms with Gasteiger partial charge in [0.25, 0.3) is 5.69 Å². The van der Waals surface area contributed by atoms with Crippen LogP contribution in [0.25, 0.3) is 6.08 Å². The molecule has 92 valence electrons. The van der Waals surface area contributed by atoms with Crippen LogP contribution in [0.3, 0.4) is 0 Å². The summed E-state index contributed by atoms with van der Waals surface area (Å²) in [6, 6.07) is 5.84. The first kappa shape index (κ1) is 13.4. The molecule has 0 aromatic heterocycles. The summed E-state index contributed by atoms with van der Waals surface area (Å²) in [5.74, 6) is -0.645. The van der Waals surface area contributed by atoms with Gasteiger partial charge in [0.15, 0.2) is 0 Å². The predicted octanol–water partition coefficient (Wildman–Crippen LogP) is 2.31. The summed E-state index contributed by atoms with van der Waals surface area (Å²) >= 11 is 0. The van der Waals surface area contributed by atoms with E-state index in [9.17, 15) is 14.9 Å². The molecule has 0 aliphatic carbocycles. The van der Waals surface area contributed by atoms with Gasteiger partial charge in [0, 0.05) is 12.1 Å². The van der Waals surface area contributed by atoms with Crippen LogP contribution in [0.4, 0.5) is 5.69 Å². The van der Waals surface area contributed by atoms with E-state index in [1.807, 2.05) is 6.07 Å². The number of allylic oxidation sites excluding steroid dienone is 1. The number of nitriles is 1. The zero-order valence-corrected chi connectivity index (χ0v) is 9.62. The molecule has 0 radical (unpaired) electrons. The highest BCUT2D eigenvalue weighted by Gasteiger charge is 2.13. The molecule has 0 aliphatic heterocycles. The van der Waals surface area contributed by atoms with Crippen LogP contribution in [-0.2, 0) is 4.74 Å². The summed E-state index contributed by atoms with van der Waals surface area (Å²) in [6.07, 6.45) is 3.29. The van der Waals surface area contributed by atoms with Crippen molar-refractivity contribution in [3.05, 3.63) is 45.5 Å². The second-order valence-electron chi connectivity index (χ2n) is 3.33. The van der Waals surface area contributed by atoms with E-state index in [0.717, 1.165) is 6.07 Å². The molecular formula is C12H10N2O4. The Kier molecular flexibility index (Phi) is 4.58. The van der Waals surface area contributed by atoms with Crippen molar-refractivity contribution in [2.24, 2.45) is 0 Å². The highest BCUT2D eigenvalue weighted by atomic mass is 16.6. The highest BCUT2D eigenvalue weighted by molar-refractivity contribution is 5.91. The summed E-state index contributed by atoms with van der Waals surface area (Å²) in [7, 11) is 1.20. The van der Waals surface area contributed by atoms with Crippen molar-refractivity contribution in [1.29, 1.82) is 5.26 Å². The molecule has 0 atom stereocenters. The van der Waals surface area contributed by atoms with E-state index in [0.29, 0.717) is 5.56 Å². The Hall–Kier alpha value is -2.68. The first-order chi connectivity index (χ1) is 8.58. The lowest BCUT2D eigenvalue weighted by molar-refractivity contribution is -0.384. The third-order valence-electron chi connectivity index (χ3n) is 2.09. The van der Waals surface area contributed by atoms with Crippen molar-refractivity contribution in [3.8, 4) is 6.07 Å². The smallest absolute Gasteiger partial charge is 0.338 e. The molecule has 0 saturated heterocycles. The number of nitro groups is 1. The maximum absolute atomic E-state index is 11.3. The largest absolute Gasteiger partial charge is 0.465 e. The van der Waals surface area contributed by atoms with Gasteiger partial charge in [-0.25, -0.2) is 4.79 Å². The number of carbonyl (C=O) groups excluding carboxylic acids is 1. The van der Waals surface area contributed by atoms with E-state index < -0.39 is 10.9 Å². The number of hydrogen-bond acceptors (Lipinski definition) is 5. The molecule has 0 saturated carbocycles. The number of nitrogens with zero attached hydrogens (tertiary/aromatic N) is 2. The van der Waals surface area contributed by atoms with Crippen LogP contribution < -0.4 is 0 Å². The average molecular weight is 246 g/mol. The third-order valence-corrected chi connectivity index (χ3v) is 2.09. The van der Waals surface area contributed by atoms with Crippen molar-refractivity contribution in [3.63, 3.8) is 0 Å². The summed E-state index contributed by atoms with van der Waals surface area (Å²) < 4.78 is 4.51. The number of rotatable bonds is 4. The van der Waals surface area contributed by atoms with Crippen LogP contribution >= 0.6 is 0 Å². The normalized spacial score (nSPS) is 10.0. The number of nitro benzene ring substituents is 1. The van der Waals surface area contributed by atoms with Gasteiger partial charge in [-0.05, 0) is 11.6 Å². The second kappa shape index (κ2) is 6.15. The molecule has 0 N–H and O–H groups in total. The fourth-order valence-electron chi connectivity index (χ4n) is 1.32. The first-order valence-electron chi connectivity index (χ1n) is 4.99. The zero-order chi connectivity index (χ0) is 13.5. The van der Waals surface area contributed by atoms with Crippen LogP contribution in [0.2, 0.25) is 0 Å². The average Bonchev–Trinajstić information content (AvgIpc) is 2.37. The van der Waals surface area contributed by atoms with Gasteiger partial charge < -0.3 is 4.74 Å². The molecule has 0 bridgehead atoms. The molecule has 0 fully saturated rings. The number of ether oxygens (including phenoxy) is 1. The number of benzene rings is 1. The molecule has 0 heterocycles. The molecule has 1 rings (SSSR count). The Morgan fingerprint density at radius 2 is 2.28 bits per heavy atom. The molecule has 0 aliphatic rings.